The third kappa shape index (κ3) is 40.5. The minimum atomic E-state index is -1.82. The van der Waals surface area contributed by atoms with Crippen LogP contribution in [-0.4, -0.2) is 52.0 Å². The normalized spacial score (nSPS) is 11.5. The molecule has 0 aromatic heterocycles. The molecule has 0 rings (SSSR count). The molecule has 0 aromatic carbocycles. The first-order valence-electron chi connectivity index (χ1n) is 21.6. The van der Waals surface area contributed by atoms with Crippen molar-refractivity contribution in [3.05, 3.63) is 0 Å². The van der Waals surface area contributed by atoms with Crippen molar-refractivity contribution >= 4 is 38.4 Å². The van der Waals surface area contributed by atoms with Gasteiger partial charge in [0.15, 0.2) is 0 Å². The molecule has 48 heavy (non-hydrogen) atoms. The summed E-state index contributed by atoms with van der Waals surface area (Å²) in [5.74, 6) is -0.240. The molecular weight excluding hydrogens is 719 g/mol. The molecule has 0 unspecified atom stereocenters. The van der Waals surface area contributed by atoms with Crippen molar-refractivity contribution in [2.45, 2.75) is 242 Å². The zero-order valence-electron chi connectivity index (χ0n) is 33.2. The summed E-state index contributed by atoms with van der Waals surface area (Å²) in [6.45, 7) is 9.39. The molecule has 0 spiro atoms. The summed E-state index contributed by atoms with van der Waals surface area (Å²) in [6, 6.07) is 0. The number of aliphatic carboxylic acids is 2. The fourth-order valence-corrected chi connectivity index (χ4v) is 33.1. The molecule has 0 saturated heterocycles. The molecule has 6 heteroatoms. The molecule has 0 bridgehead atoms. The van der Waals surface area contributed by atoms with Gasteiger partial charge in [-0.25, -0.2) is 9.59 Å². The van der Waals surface area contributed by atoms with Crippen molar-refractivity contribution in [3.8, 4) is 0 Å². The minimum absolute atomic E-state index is 0.462. The van der Waals surface area contributed by atoms with E-state index in [-0.39, 0.29) is 0 Å². The van der Waals surface area contributed by atoms with Crippen LogP contribution in [0.1, 0.15) is 233 Å². The van der Waals surface area contributed by atoms with Crippen molar-refractivity contribution in [1.29, 1.82) is 0 Å². The Bertz CT molecular complexity index is 595. The molecule has 0 atom stereocenters. The third-order valence-corrected chi connectivity index (χ3v) is 35.8. The van der Waals surface area contributed by atoms with Gasteiger partial charge in [0.1, 0.15) is 0 Å². The van der Waals surface area contributed by atoms with E-state index in [1.54, 1.807) is 71.7 Å². The number of carbonyl (C=O) groups is 2. The fraction of sp³-hybridized carbons (Fsp3) is 0.952. The van der Waals surface area contributed by atoms with E-state index in [9.17, 15) is 0 Å². The van der Waals surface area contributed by atoms with Crippen molar-refractivity contribution in [2.24, 2.45) is 0 Å². The fourth-order valence-electron chi connectivity index (χ4n) is 6.91. The number of hydrogen-bond acceptors (Lipinski definition) is 2. The summed E-state index contributed by atoms with van der Waals surface area (Å²) in [4.78, 5) is 18.2. The van der Waals surface area contributed by atoms with E-state index in [1.807, 2.05) is 0 Å². The van der Waals surface area contributed by atoms with Crippen LogP contribution >= 0.6 is 8.08 Å². The number of thiol groups is 1. The Kier molecular flexibility index (Phi) is 45.2. The van der Waals surface area contributed by atoms with Gasteiger partial charge in [0.25, 0.3) is 0 Å². The van der Waals surface area contributed by atoms with E-state index in [2.05, 4.69) is 27.7 Å². The Morgan fingerprint density at radius 1 is 0.354 bits per heavy atom. The molecule has 0 aromatic rings. The molecule has 0 aliphatic rings. The smallest absolute Gasteiger partial charge is 0.414 e. The molecule has 0 amide bonds. The Labute approximate surface area is 310 Å². The van der Waals surface area contributed by atoms with Crippen molar-refractivity contribution < 1.29 is 19.8 Å². The molecule has 290 valence electrons. The predicted molar refractivity (Wildman–Crippen MR) is 221 cm³/mol. The Morgan fingerprint density at radius 2 is 0.562 bits per heavy atom. The average molecular weight is 808 g/mol. The van der Waals surface area contributed by atoms with Gasteiger partial charge in [0, 0.05) is 0 Å². The SMILES string of the molecule is CCCCCCCCCCCC[SH](CCCCCCCCCCCC)[SnH]([CH2]CCCCCCC)[CH2]CCCCCCC.O=C(O)C(=O)O. The third-order valence-electron chi connectivity index (χ3n) is 10.1. The van der Waals surface area contributed by atoms with E-state index < -0.39 is 30.3 Å². The number of carboxylic acid groups (broad SMARTS) is 2. The van der Waals surface area contributed by atoms with Gasteiger partial charge in [-0.2, -0.15) is 0 Å². The molecule has 0 aliphatic heterocycles. The van der Waals surface area contributed by atoms with Crippen LogP contribution in [0.2, 0.25) is 8.87 Å². The van der Waals surface area contributed by atoms with Gasteiger partial charge >= 0.3 is 278 Å². The summed E-state index contributed by atoms with van der Waals surface area (Å²) in [7, 11) is 0.462. The monoisotopic (exact) mass is 809 g/mol. The van der Waals surface area contributed by atoms with Gasteiger partial charge in [-0.05, 0) is 0 Å². The van der Waals surface area contributed by atoms with Gasteiger partial charge in [0.05, 0.1) is 0 Å². The largest absolute Gasteiger partial charge is 0.473 e. The molecule has 0 heterocycles. The topological polar surface area (TPSA) is 74.6 Å². The first-order chi connectivity index (χ1) is 23.4. The molecule has 0 saturated carbocycles. The standard InChI is InChI=1S/C24H50S.2C8H17.C2H2O4.Sn.H/c1-3-5-7-9-11-13-15-17-19-21-23-25-24-22-20-18-16-14-12-10-8-6-4-2;2*1-3-5-7-8-6-4-2;3-1(4)2(5)6;;/h3-24H2,1-2H3;2*1,3-8H2,2H3;(H,3,4)(H,5,6);;/q;;;;-1;/p+1. The number of unbranched alkanes of at least 4 members (excludes halogenated alkanes) is 28. The zero-order chi connectivity index (χ0) is 35.8. The van der Waals surface area contributed by atoms with Crippen LogP contribution in [0.3, 0.4) is 0 Å². The first kappa shape index (κ1) is 50.2. The number of carboxylic acids is 2. The maximum Gasteiger partial charge on any atom is 0.414 e. The molecule has 2 N–H and O–H groups in total. The number of rotatable bonds is 37. The maximum absolute atomic E-state index is 9.10. The Hall–Kier alpha value is 0.0887. The van der Waals surface area contributed by atoms with Gasteiger partial charge in [-0.3, -0.25) is 0 Å². The Morgan fingerprint density at radius 3 is 0.792 bits per heavy atom. The van der Waals surface area contributed by atoms with E-state index in [4.69, 9.17) is 19.8 Å². The van der Waals surface area contributed by atoms with E-state index in [0.717, 1.165) is 0 Å². The van der Waals surface area contributed by atoms with Crippen molar-refractivity contribution in [1.82, 2.24) is 0 Å². The minimum Gasteiger partial charge on any atom is -0.473 e. The van der Waals surface area contributed by atoms with Crippen LogP contribution in [0.4, 0.5) is 0 Å². The van der Waals surface area contributed by atoms with Gasteiger partial charge < -0.3 is 10.2 Å². The summed E-state index contributed by atoms with van der Waals surface area (Å²) < 4.78 is 3.56. The van der Waals surface area contributed by atoms with Gasteiger partial charge in [0.2, 0.25) is 0 Å². The van der Waals surface area contributed by atoms with Crippen LogP contribution in [-0.2, 0) is 9.59 Å². The van der Waals surface area contributed by atoms with Crippen molar-refractivity contribution in [3.63, 3.8) is 0 Å². The average Bonchev–Trinajstić information content (AvgIpc) is 3.08. The van der Waals surface area contributed by atoms with Crippen molar-refractivity contribution in [2.75, 3.05) is 11.5 Å². The van der Waals surface area contributed by atoms with Crippen LogP contribution in [0.5, 0.6) is 0 Å². The maximum atomic E-state index is 9.10. The van der Waals surface area contributed by atoms with E-state index in [0.29, 0.717) is 8.08 Å². The van der Waals surface area contributed by atoms with Gasteiger partial charge in [-0.15, -0.1) is 0 Å². The summed E-state index contributed by atoms with van der Waals surface area (Å²) in [5.41, 5.74) is 0. The first-order valence-corrected chi connectivity index (χ1v) is 32.5. The van der Waals surface area contributed by atoms with E-state index >= 15 is 0 Å². The molecule has 0 fully saturated rings. The van der Waals surface area contributed by atoms with Crippen LogP contribution < -0.4 is 0 Å². The predicted octanol–water partition coefficient (Wildman–Crippen LogP) is 14.4. The molecule has 0 radical (unpaired) electrons. The van der Waals surface area contributed by atoms with E-state index in [1.165, 1.54) is 154 Å². The Balaban J connectivity index is 0. The zero-order valence-corrected chi connectivity index (χ0v) is 37.4. The van der Waals surface area contributed by atoms with Crippen LogP contribution in [0, 0.1) is 0 Å². The van der Waals surface area contributed by atoms with Gasteiger partial charge in [-0.1, -0.05) is 13.8 Å². The molecular formula is C42H88O4SSn. The molecule has 0 aliphatic carbocycles. The number of hydrogen-bond donors (Lipinski definition) is 3. The second kappa shape index (κ2) is 43.3. The summed E-state index contributed by atoms with van der Waals surface area (Å²) >= 11 is -1.41. The quantitative estimate of drug-likeness (QED) is 0.0253. The van der Waals surface area contributed by atoms with Crippen LogP contribution in [0.15, 0.2) is 0 Å². The summed E-state index contributed by atoms with van der Waals surface area (Å²) in [5, 5.41) is 14.8. The second-order valence-electron chi connectivity index (χ2n) is 14.8. The molecule has 4 nitrogen and oxygen atoms in total. The second-order valence-corrected chi connectivity index (χ2v) is 35.0. The van der Waals surface area contributed by atoms with Crippen LogP contribution in [0.25, 0.3) is 0 Å². The summed E-state index contributed by atoms with van der Waals surface area (Å²) in [6.07, 6.45) is 48.2.